The molecule has 3 atom stereocenters. The van der Waals surface area contributed by atoms with Crippen LogP contribution in [-0.4, -0.2) is 7.42 Å². The summed E-state index contributed by atoms with van der Waals surface area (Å²) in [6.45, 7) is 0. The number of hydrogen-bond acceptors (Lipinski definition) is 0. The minimum Gasteiger partial charge on any atom is -0.150 e. The van der Waals surface area contributed by atoms with Gasteiger partial charge in [-0.3, -0.25) is 0 Å². The van der Waals surface area contributed by atoms with Crippen LogP contribution in [0.25, 0.3) is 0 Å². The Morgan fingerprint density at radius 1 is 1.27 bits per heavy atom. The molecule has 3 unspecified atom stereocenters. The van der Waals surface area contributed by atoms with E-state index in [1.807, 2.05) is 0 Å². The Morgan fingerprint density at radius 3 is 2.55 bits per heavy atom. The van der Waals surface area contributed by atoms with Gasteiger partial charge < -0.3 is 0 Å². The van der Waals surface area contributed by atoms with Crippen molar-refractivity contribution in [3.8, 4) is 0 Å². The molecule has 3 heteroatoms. The predicted octanol–water partition coefficient (Wildman–Crippen LogP) is 2.90. The van der Waals surface area contributed by atoms with Crippen LogP contribution in [0.4, 0.5) is 0 Å². The highest BCUT2D eigenvalue weighted by atomic mass is 35.7. The zero-order valence-corrected chi connectivity index (χ0v) is 9.01. The molecule has 2 aliphatic rings. The third kappa shape index (κ3) is 1.66. The van der Waals surface area contributed by atoms with Gasteiger partial charge in [-0.05, 0) is 36.6 Å². The summed E-state index contributed by atoms with van der Waals surface area (Å²) in [5, 5.41) is 0. The lowest BCUT2D eigenvalue weighted by Gasteiger charge is -2.17. The maximum absolute atomic E-state index is 5.88. The van der Waals surface area contributed by atoms with Crippen molar-refractivity contribution < 1.29 is 0 Å². The second-order valence-electron chi connectivity index (χ2n) is 3.67. The molecule has 0 aromatic rings. The Bertz CT molecular complexity index is 179. The smallest absolute Gasteiger partial charge is 0.150 e. The topological polar surface area (TPSA) is 0 Å². The second kappa shape index (κ2) is 3.12. The lowest BCUT2D eigenvalue weighted by Crippen LogP contribution is -2.11. The van der Waals surface area contributed by atoms with E-state index in [0.29, 0.717) is 0 Å². The lowest BCUT2D eigenvalue weighted by atomic mass is 9.96. The summed E-state index contributed by atoms with van der Waals surface area (Å²) >= 11 is 11.8. The van der Waals surface area contributed by atoms with Gasteiger partial charge in [-0.25, -0.2) is 0 Å². The van der Waals surface area contributed by atoms with Crippen LogP contribution in [-0.2, 0) is 0 Å². The fourth-order valence-corrected chi connectivity index (χ4v) is 4.77. The zero-order valence-electron chi connectivity index (χ0n) is 6.34. The Hall–Kier alpha value is 0.537. The third-order valence-corrected chi connectivity index (χ3v) is 4.93. The quantitative estimate of drug-likeness (QED) is 0.371. The van der Waals surface area contributed by atoms with Crippen LogP contribution in [0.3, 0.4) is 0 Å². The average Bonchev–Trinajstić information content (AvgIpc) is 2.45. The van der Waals surface area contributed by atoms with Gasteiger partial charge in [0.2, 0.25) is 7.42 Å². The summed E-state index contributed by atoms with van der Waals surface area (Å²) in [5.41, 5.74) is 0. The SMILES string of the molecule is Cl[SiH](Cl)CC1CC2C=CC1C2. The Labute approximate surface area is 78.6 Å². The number of hydrogen-bond donors (Lipinski definition) is 0. The summed E-state index contributed by atoms with van der Waals surface area (Å²) in [5.74, 6) is 2.52. The molecule has 0 nitrogen and oxygen atoms in total. The van der Waals surface area contributed by atoms with E-state index in [1.165, 1.54) is 12.8 Å². The molecule has 1 fully saturated rings. The number of allylic oxidation sites excluding steroid dienone is 2. The molecule has 0 N–H and O–H groups in total. The standard InChI is InChI=1S/C8H12Cl2Si/c9-11(10)5-8-4-6-1-2-7(8)3-6/h1-2,6-8,11H,3-5H2. The molecule has 0 aromatic heterocycles. The largest absolute Gasteiger partial charge is 0.237 e. The Morgan fingerprint density at radius 2 is 2.09 bits per heavy atom. The molecule has 2 aliphatic carbocycles. The predicted molar refractivity (Wildman–Crippen MR) is 52.5 cm³/mol. The summed E-state index contributed by atoms with van der Waals surface area (Å²) in [6.07, 6.45) is 7.45. The van der Waals surface area contributed by atoms with Crippen LogP contribution in [0.5, 0.6) is 0 Å². The van der Waals surface area contributed by atoms with Gasteiger partial charge in [-0.2, -0.15) is 22.2 Å². The van der Waals surface area contributed by atoms with Gasteiger partial charge in [-0.1, -0.05) is 12.2 Å². The van der Waals surface area contributed by atoms with Crippen LogP contribution in [0.15, 0.2) is 12.2 Å². The van der Waals surface area contributed by atoms with E-state index < -0.39 is 7.42 Å². The van der Waals surface area contributed by atoms with E-state index in [-0.39, 0.29) is 0 Å². The molecule has 11 heavy (non-hydrogen) atoms. The molecular formula is C8H12Cl2Si. The molecular weight excluding hydrogens is 195 g/mol. The summed E-state index contributed by atoms with van der Waals surface area (Å²) in [4.78, 5) is 0. The van der Waals surface area contributed by atoms with E-state index in [2.05, 4.69) is 12.2 Å². The minimum absolute atomic E-state index is 0.826. The van der Waals surface area contributed by atoms with Crippen molar-refractivity contribution >= 4 is 29.6 Å². The van der Waals surface area contributed by atoms with Gasteiger partial charge in [0.25, 0.3) is 0 Å². The molecule has 0 spiro atoms. The second-order valence-corrected chi connectivity index (χ2v) is 8.75. The molecule has 0 saturated heterocycles. The van der Waals surface area contributed by atoms with Crippen molar-refractivity contribution in [2.45, 2.75) is 18.9 Å². The zero-order chi connectivity index (χ0) is 7.84. The molecule has 2 bridgehead atoms. The van der Waals surface area contributed by atoms with Crippen molar-refractivity contribution in [3.05, 3.63) is 12.2 Å². The molecule has 0 radical (unpaired) electrons. The van der Waals surface area contributed by atoms with Gasteiger partial charge in [0, 0.05) is 0 Å². The highest BCUT2D eigenvalue weighted by molar-refractivity contribution is 7.33. The number of fused-ring (bicyclic) bond motifs is 2. The molecule has 0 heterocycles. The van der Waals surface area contributed by atoms with E-state index in [0.717, 1.165) is 23.8 Å². The summed E-state index contributed by atoms with van der Waals surface area (Å²) in [6, 6.07) is 1.12. The van der Waals surface area contributed by atoms with E-state index in [9.17, 15) is 0 Å². The van der Waals surface area contributed by atoms with Gasteiger partial charge in [0.15, 0.2) is 0 Å². The van der Waals surface area contributed by atoms with Crippen LogP contribution < -0.4 is 0 Å². The van der Waals surface area contributed by atoms with Crippen LogP contribution in [0.1, 0.15) is 12.8 Å². The van der Waals surface area contributed by atoms with Crippen molar-refractivity contribution in [1.29, 1.82) is 0 Å². The van der Waals surface area contributed by atoms with Gasteiger partial charge >= 0.3 is 0 Å². The fraction of sp³-hybridized carbons (Fsp3) is 0.750. The average molecular weight is 207 g/mol. The van der Waals surface area contributed by atoms with Crippen molar-refractivity contribution in [3.63, 3.8) is 0 Å². The summed E-state index contributed by atoms with van der Waals surface area (Å²) < 4.78 is 0. The van der Waals surface area contributed by atoms with Crippen molar-refractivity contribution in [2.24, 2.45) is 17.8 Å². The first-order valence-corrected chi connectivity index (χ1v) is 8.53. The maximum Gasteiger partial charge on any atom is 0.237 e. The Kier molecular flexibility index (Phi) is 2.31. The first kappa shape index (κ1) is 8.15. The normalized spacial score (nSPS) is 40.8. The highest BCUT2D eigenvalue weighted by Gasteiger charge is 2.36. The molecule has 0 aliphatic heterocycles. The lowest BCUT2D eigenvalue weighted by molar-refractivity contribution is 0.492. The molecule has 2 rings (SSSR count). The third-order valence-electron chi connectivity index (χ3n) is 2.90. The minimum atomic E-state index is -1.34. The monoisotopic (exact) mass is 206 g/mol. The first-order valence-electron chi connectivity index (χ1n) is 4.22. The van der Waals surface area contributed by atoms with E-state index >= 15 is 0 Å². The molecule has 62 valence electrons. The maximum atomic E-state index is 5.88. The van der Waals surface area contributed by atoms with Crippen LogP contribution in [0.2, 0.25) is 6.04 Å². The summed E-state index contributed by atoms with van der Waals surface area (Å²) in [7, 11) is -1.34. The number of halogens is 2. The van der Waals surface area contributed by atoms with E-state index in [1.54, 1.807) is 0 Å². The van der Waals surface area contributed by atoms with Gasteiger partial charge in [0.1, 0.15) is 0 Å². The molecule has 0 aromatic carbocycles. The molecule has 0 amide bonds. The van der Waals surface area contributed by atoms with Crippen molar-refractivity contribution in [1.82, 2.24) is 0 Å². The Balaban J connectivity index is 1.93. The fourth-order valence-electron chi connectivity index (χ4n) is 2.39. The first-order chi connectivity index (χ1) is 5.25. The van der Waals surface area contributed by atoms with Crippen molar-refractivity contribution in [2.75, 3.05) is 0 Å². The van der Waals surface area contributed by atoms with Crippen LogP contribution in [0, 0.1) is 17.8 Å². The molecule has 1 saturated carbocycles. The van der Waals surface area contributed by atoms with Crippen LogP contribution >= 0.6 is 22.2 Å². The van der Waals surface area contributed by atoms with Gasteiger partial charge in [-0.15, -0.1) is 0 Å². The van der Waals surface area contributed by atoms with Gasteiger partial charge in [0.05, 0.1) is 0 Å². The number of rotatable bonds is 2. The van der Waals surface area contributed by atoms with E-state index in [4.69, 9.17) is 22.2 Å². The highest BCUT2D eigenvalue weighted by Crippen LogP contribution is 2.45.